The summed E-state index contributed by atoms with van der Waals surface area (Å²) >= 11 is 6.72. The number of thioether (sulfide) groups is 1. The molecule has 0 spiro atoms. The van der Waals surface area contributed by atoms with Crippen LogP contribution in [0, 0.1) is 4.77 Å². The number of H-pyrrole nitrogens is 2. The monoisotopic (exact) mass is 281 g/mol. The van der Waals surface area contributed by atoms with Gasteiger partial charge >= 0.3 is 0 Å². The Morgan fingerprint density at radius 3 is 2.83 bits per heavy atom. The van der Waals surface area contributed by atoms with Crippen molar-refractivity contribution in [1.82, 2.24) is 15.2 Å². The summed E-state index contributed by atoms with van der Waals surface area (Å²) in [6.07, 6.45) is 1.02. The number of nitrogens with zero attached hydrogens (tertiary/aromatic N) is 1. The zero-order chi connectivity index (χ0) is 12.6. The summed E-state index contributed by atoms with van der Waals surface area (Å²) in [7, 11) is 0. The number of rotatable bonds is 7. The van der Waals surface area contributed by atoms with Gasteiger partial charge in [0.1, 0.15) is 11.6 Å². The first-order valence-corrected chi connectivity index (χ1v) is 7.30. The zero-order valence-corrected chi connectivity index (χ0v) is 11.5. The Kier molecular flexibility index (Phi) is 5.29. The second-order valence-corrected chi connectivity index (χ2v) is 5.21. The number of aromatic nitrogens is 3. The van der Waals surface area contributed by atoms with E-state index in [1.807, 2.05) is 42.1 Å². The molecular weight excluding hydrogens is 266 g/mol. The summed E-state index contributed by atoms with van der Waals surface area (Å²) in [6.45, 7) is 0.744. The van der Waals surface area contributed by atoms with Crippen LogP contribution in [0.1, 0.15) is 12.2 Å². The van der Waals surface area contributed by atoms with Crippen LogP contribution in [0.4, 0.5) is 0 Å². The van der Waals surface area contributed by atoms with Crippen LogP contribution in [0.15, 0.2) is 30.3 Å². The topological polar surface area (TPSA) is 53.7 Å². The van der Waals surface area contributed by atoms with Crippen LogP contribution >= 0.6 is 24.0 Å². The normalized spacial score (nSPS) is 10.4. The minimum absolute atomic E-state index is 0.581. The first-order valence-electron chi connectivity index (χ1n) is 5.74. The lowest BCUT2D eigenvalue weighted by atomic mass is 10.3. The molecule has 1 aromatic heterocycles. The molecule has 0 bridgehead atoms. The van der Waals surface area contributed by atoms with Crippen molar-refractivity contribution in [3.05, 3.63) is 40.9 Å². The van der Waals surface area contributed by atoms with Gasteiger partial charge in [-0.1, -0.05) is 18.2 Å². The molecule has 96 valence electrons. The van der Waals surface area contributed by atoms with Crippen molar-refractivity contribution in [3.8, 4) is 5.75 Å². The molecule has 0 amide bonds. The third-order valence-electron chi connectivity index (χ3n) is 2.23. The standard InChI is InChI=1S/C12H15N3OS2/c17-12-13-11(14-15-12)9-18-8-4-7-16-10-5-2-1-3-6-10/h1-3,5-6H,4,7-9H2,(H2,13,14,15,17). The van der Waals surface area contributed by atoms with Gasteiger partial charge in [-0.25, -0.2) is 0 Å². The molecule has 2 rings (SSSR count). The van der Waals surface area contributed by atoms with Crippen molar-refractivity contribution in [2.45, 2.75) is 12.2 Å². The summed E-state index contributed by atoms with van der Waals surface area (Å²) in [6, 6.07) is 9.87. The Hall–Kier alpha value is -1.27. The summed E-state index contributed by atoms with van der Waals surface area (Å²) < 4.78 is 6.18. The highest BCUT2D eigenvalue weighted by atomic mass is 32.2. The Morgan fingerprint density at radius 1 is 1.28 bits per heavy atom. The molecule has 1 aromatic carbocycles. The van der Waals surface area contributed by atoms with Gasteiger partial charge in [0.2, 0.25) is 0 Å². The minimum Gasteiger partial charge on any atom is -0.494 e. The summed E-state index contributed by atoms with van der Waals surface area (Å²) in [4.78, 5) is 2.99. The van der Waals surface area contributed by atoms with E-state index in [-0.39, 0.29) is 0 Å². The van der Waals surface area contributed by atoms with Gasteiger partial charge in [-0.2, -0.15) is 16.9 Å². The molecule has 4 nitrogen and oxygen atoms in total. The molecule has 0 unspecified atom stereocenters. The number of benzene rings is 1. The predicted octanol–water partition coefficient (Wildman–Crippen LogP) is 3.17. The van der Waals surface area contributed by atoms with Crippen molar-refractivity contribution in [2.75, 3.05) is 12.4 Å². The highest BCUT2D eigenvalue weighted by Gasteiger charge is 1.97. The van der Waals surface area contributed by atoms with Crippen molar-refractivity contribution in [2.24, 2.45) is 0 Å². The Balaban J connectivity index is 1.55. The van der Waals surface area contributed by atoms with Gasteiger partial charge in [-0.3, -0.25) is 5.10 Å². The number of aromatic amines is 2. The van der Waals surface area contributed by atoms with Gasteiger partial charge in [0, 0.05) is 0 Å². The first kappa shape index (κ1) is 13.2. The number of hydrogen-bond acceptors (Lipinski definition) is 4. The number of para-hydroxylation sites is 1. The second kappa shape index (κ2) is 7.23. The van der Waals surface area contributed by atoms with Crippen LogP contribution in [0.25, 0.3) is 0 Å². The van der Waals surface area contributed by atoms with E-state index in [0.717, 1.165) is 36.1 Å². The summed E-state index contributed by atoms with van der Waals surface area (Å²) in [5, 5.41) is 6.76. The molecule has 1 heterocycles. The fourth-order valence-electron chi connectivity index (χ4n) is 1.41. The molecule has 2 aromatic rings. The molecule has 0 radical (unpaired) electrons. The van der Waals surface area contributed by atoms with Crippen LogP contribution in [-0.2, 0) is 5.75 Å². The molecule has 0 saturated carbocycles. The third-order valence-corrected chi connectivity index (χ3v) is 3.48. The fraction of sp³-hybridized carbons (Fsp3) is 0.333. The quantitative estimate of drug-likeness (QED) is 0.604. The van der Waals surface area contributed by atoms with Gasteiger partial charge in [-0.05, 0) is 36.5 Å². The van der Waals surface area contributed by atoms with Crippen LogP contribution in [0.3, 0.4) is 0 Å². The number of nitrogens with one attached hydrogen (secondary N) is 2. The lowest BCUT2D eigenvalue weighted by Crippen LogP contribution is -1.98. The molecule has 2 N–H and O–H groups in total. The SMILES string of the molecule is S=c1[nH]nc(CSCCCOc2ccccc2)[nH]1. The second-order valence-electron chi connectivity index (χ2n) is 3.69. The van der Waals surface area contributed by atoms with Gasteiger partial charge in [-0.15, -0.1) is 0 Å². The zero-order valence-electron chi connectivity index (χ0n) is 9.89. The van der Waals surface area contributed by atoms with E-state index in [1.54, 1.807) is 0 Å². The van der Waals surface area contributed by atoms with E-state index in [9.17, 15) is 0 Å². The molecule has 0 atom stereocenters. The van der Waals surface area contributed by atoms with Gasteiger partial charge in [0.25, 0.3) is 0 Å². The van der Waals surface area contributed by atoms with Gasteiger partial charge < -0.3 is 9.72 Å². The maximum absolute atomic E-state index is 5.60. The highest BCUT2D eigenvalue weighted by Crippen LogP contribution is 2.11. The molecule has 18 heavy (non-hydrogen) atoms. The van der Waals surface area contributed by atoms with E-state index in [2.05, 4.69) is 15.2 Å². The number of ether oxygens (including phenoxy) is 1. The maximum atomic E-state index is 5.60. The average Bonchev–Trinajstić information content (AvgIpc) is 2.81. The smallest absolute Gasteiger partial charge is 0.192 e. The average molecular weight is 281 g/mol. The van der Waals surface area contributed by atoms with Gasteiger partial charge in [0.05, 0.1) is 12.4 Å². The van der Waals surface area contributed by atoms with E-state index >= 15 is 0 Å². The molecule has 0 aliphatic heterocycles. The molecule has 0 fully saturated rings. The van der Waals surface area contributed by atoms with Crippen molar-refractivity contribution in [3.63, 3.8) is 0 Å². The largest absolute Gasteiger partial charge is 0.494 e. The number of hydrogen-bond donors (Lipinski definition) is 2. The van der Waals surface area contributed by atoms with E-state index < -0.39 is 0 Å². The van der Waals surface area contributed by atoms with E-state index in [0.29, 0.717) is 4.77 Å². The lowest BCUT2D eigenvalue weighted by molar-refractivity contribution is 0.318. The van der Waals surface area contributed by atoms with Crippen LogP contribution < -0.4 is 4.74 Å². The first-order chi connectivity index (χ1) is 8.84. The fourth-order valence-corrected chi connectivity index (χ4v) is 2.37. The summed E-state index contributed by atoms with van der Waals surface area (Å²) in [5.74, 6) is 3.71. The van der Waals surface area contributed by atoms with Crippen LogP contribution in [-0.4, -0.2) is 27.5 Å². The molecule has 0 aliphatic rings. The Bertz CT molecular complexity index is 509. The van der Waals surface area contributed by atoms with Crippen molar-refractivity contribution < 1.29 is 4.74 Å². The maximum Gasteiger partial charge on any atom is 0.192 e. The predicted molar refractivity (Wildman–Crippen MR) is 76.5 cm³/mol. The van der Waals surface area contributed by atoms with E-state index in [1.165, 1.54) is 0 Å². The van der Waals surface area contributed by atoms with Crippen molar-refractivity contribution >= 4 is 24.0 Å². The molecule has 0 aliphatic carbocycles. The molecular formula is C12H15N3OS2. The third kappa shape index (κ3) is 4.54. The van der Waals surface area contributed by atoms with E-state index in [4.69, 9.17) is 17.0 Å². The Labute approximate surface area is 115 Å². The lowest BCUT2D eigenvalue weighted by Gasteiger charge is -2.04. The molecule has 0 saturated heterocycles. The van der Waals surface area contributed by atoms with Crippen LogP contribution in [0.5, 0.6) is 5.75 Å². The minimum atomic E-state index is 0.581. The van der Waals surface area contributed by atoms with Crippen LogP contribution in [0.2, 0.25) is 0 Å². The summed E-state index contributed by atoms with van der Waals surface area (Å²) in [5.41, 5.74) is 0. The van der Waals surface area contributed by atoms with Gasteiger partial charge in [0.15, 0.2) is 4.77 Å². The highest BCUT2D eigenvalue weighted by molar-refractivity contribution is 7.98. The van der Waals surface area contributed by atoms with Crippen molar-refractivity contribution in [1.29, 1.82) is 0 Å². The molecule has 6 heteroatoms. The Morgan fingerprint density at radius 2 is 2.11 bits per heavy atom.